The Balaban J connectivity index is 2.26. The number of nitrogens with zero attached hydrogens (tertiary/aromatic N) is 3. The number of aliphatic imine (C=N–C) groups is 1. The van der Waals surface area contributed by atoms with Gasteiger partial charge in [0, 0.05) is 11.8 Å². The highest BCUT2D eigenvalue weighted by atomic mass is 32.2. The summed E-state index contributed by atoms with van der Waals surface area (Å²) in [6.07, 6.45) is 2.39. The van der Waals surface area contributed by atoms with Crippen molar-refractivity contribution in [3.63, 3.8) is 0 Å². The van der Waals surface area contributed by atoms with Crippen LogP contribution in [0.4, 0.5) is 0 Å². The predicted molar refractivity (Wildman–Crippen MR) is 44.4 cm³/mol. The summed E-state index contributed by atoms with van der Waals surface area (Å²) < 4.78 is 0. The fourth-order valence-corrected chi connectivity index (χ4v) is 1.47. The summed E-state index contributed by atoms with van der Waals surface area (Å²) in [5.41, 5.74) is 2.37. The van der Waals surface area contributed by atoms with Crippen LogP contribution < -0.4 is 0 Å². The van der Waals surface area contributed by atoms with Crippen molar-refractivity contribution in [1.82, 2.24) is 5.01 Å². The van der Waals surface area contributed by atoms with E-state index in [0.717, 1.165) is 11.5 Å². The van der Waals surface area contributed by atoms with Crippen LogP contribution in [-0.2, 0) is 4.79 Å². The van der Waals surface area contributed by atoms with Crippen molar-refractivity contribution >= 4 is 28.8 Å². The number of thioether (sulfide) groups is 1. The number of aldehydes is 1. The highest BCUT2D eigenvalue weighted by molar-refractivity contribution is 8.25. The highest BCUT2D eigenvalue weighted by Crippen LogP contribution is 2.19. The van der Waals surface area contributed by atoms with Crippen LogP contribution in [0.1, 0.15) is 0 Å². The zero-order valence-corrected chi connectivity index (χ0v) is 6.41. The van der Waals surface area contributed by atoms with Gasteiger partial charge in [-0.15, -0.1) is 0 Å². The van der Waals surface area contributed by atoms with Crippen LogP contribution in [0.15, 0.2) is 21.9 Å². The van der Waals surface area contributed by atoms with E-state index in [1.807, 2.05) is 0 Å². The summed E-state index contributed by atoms with van der Waals surface area (Å²) in [7, 11) is 0. The molecule has 0 fully saturated rings. The maximum atomic E-state index is 10.3. The lowest BCUT2D eigenvalue weighted by Gasteiger charge is -2.16. The number of hydrogen-bond donors (Lipinski definition) is 0. The quantitative estimate of drug-likeness (QED) is 0.532. The molecule has 0 radical (unpaired) electrons. The third kappa shape index (κ3) is 1.07. The van der Waals surface area contributed by atoms with Crippen LogP contribution in [-0.4, -0.2) is 28.6 Å². The van der Waals surface area contributed by atoms with E-state index < -0.39 is 0 Å². The molecule has 0 saturated heterocycles. The van der Waals surface area contributed by atoms with Crippen molar-refractivity contribution in [2.45, 2.75) is 0 Å². The normalized spacial score (nSPS) is 20.9. The van der Waals surface area contributed by atoms with Gasteiger partial charge in [-0.3, -0.25) is 4.79 Å². The molecule has 2 heterocycles. The molecule has 2 aliphatic rings. The van der Waals surface area contributed by atoms with Gasteiger partial charge in [0.25, 0.3) is 0 Å². The Labute approximate surface area is 67.7 Å². The molecule has 11 heavy (non-hydrogen) atoms. The molecule has 0 aliphatic carbocycles. The minimum absolute atomic E-state index is 0.547. The van der Waals surface area contributed by atoms with Crippen molar-refractivity contribution in [1.29, 1.82) is 0 Å². The molecule has 0 spiro atoms. The second kappa shape index (κ2) is 2.50. The molecular formula is C6H5N3OS. The summed E-state index contributed by atoms with van der Waals surface area (Å²) in [6.45, 7) is 0.547. The van der Waals surface area contributed by atoms with Crippen LogP contribution in [0.5, 0.6) is 0 Å². The maximum Gasteiger partial charge on any atom is 0.190 e. The summed E-state index contributed by atoms with van der Waals surface area (Å²) in [5.74, 6) is 0. The predicted octanol–water partition coefficient (Wildman–Crippen LogP) is 0.431. The summed E-state index contributed by atoms with van der Waals surface area (Å²) in [4.78, 5) is 14.4. The van der Waals surface area contributed by atoms with Crippen molar-refractivity contribution in [2.75, 3.05) is 6.54 Å². The minimum Gasteiger partial charge on any atom is -0.298 e. The van der Waals surface area contributed by atoms with Crippen LogP contribution in [0.25, 0.3) is 0 Å². The molecule has 0 saturated carbocycles. The van der Waals surface area contributed by atoms with Crippen LogP contribution >= 0.6 is 11.8 Å². The monoisotopic (exact) mass is 167 g/mol. The minimum atomic E-state index is 0.547. The highest BCUT2D eigenvalue weighted by Gasteiger charge is 2.19. The van der Waals surface area contributed by atoms with E-state index in [-0.39, 0.29) is 0 Å². The summed E-state index contributed by atoms with van der Waals surface area (Å²) in [5, 5.41) is 6.54. The topological polar surface area (TPSA) is 45.0 Å². The Morgan fingerprint density at radius 2 is 2.64 bits per heavy atom. The number of carbonyl (C=O) groups excluding carboxylic acids is 1. The van der Waals surface area contributed by atoms with Gasteiger partial charge in [-0.2, -0.15) is 5.10 Å². The summed E-state index contributed by atoms with van der Waals surface area (Å²) >= 11 is 1.46. The van der Waals surface area contributed by atoms with Crippen LogP contribution in [0, 0.1) is 0 Å². The SMILES string of the molecule is O=CC1=CN=C2SC=NN2C1. The second-order valence-corrected chi connectivity index (χ2v) is 2.94. The number of amidine groups is 1. The van der Waals surface area contributed by atoms with Crippen molar-refractivity contribution in [3.05, 3.63) is 11.8 Å². The molecule has 2 aliphatic heterocycles. The Kier molecular flexibility index (Phi) is 1.50. The van der Waals surface area contributed by atoms with Crippen LogP contribution in [0.3, 0.4) is 0 Å². The molecule has 0 amide bonds. The Bertz CT molecular complexity index is 282. The first-order valence-electron chi connectivity index (χ1n) is 3.09. The molecule has 0 aromatic carbocycles. The van der Waals surface area contributed by atoms with Gasteiger partial charge in [-0.1, -0.05) is 0 Å². The second-order valence-electron chi connectivity index (χ2n) is 2.13. The molecule has 0 aromatic heterocycles. The van der Waals surface area contributed by atoms with Gasteiger partial charge < -0.3 is 0 Å². The number of hydrazone groups is 1. The third-order valence-electron chi connectivity index (χ3n) is 1.39. The largest absolute Gasteiger partial charge is 0.298 e. The zero-order valence-electron chi connectivity index (χ0n) is 5.60. The Morgan fingerprint density at radius 1 is 1.73 bits per heavy atom. The number of carbonyl (C=O) groups is 1. The van der Waals surface area contributed by atoms with E-state index >= 15 is 0 Å². The first kappa shape index (κ1) is 6.60. The average molecular weight is 167 g/mol. The van der Waals surface area contributed by atoms with Gasteiger partial charge in [0.05, 0.1) is 12.1 Å². The smallest absolute Gasteiger partial charge is 0.190 e. The molecule has 0 atom stereocenters. The Hall–Kier alpha value is -1.10. The fourth-order valence-electron chi connectivity index (χ4n) is 0.863. The average Bonchev–Trinajstić information content (AvgIpc) is 2.50. The van der Waals surface area contributed by atoms with Crippen molar-refractivity contribution < 1.29 is 4.79 Å². The standard InChI is InChI=1S/C6H5N3OS/c10-3-5-1-7-6-9(2-5)8-4-11-6/h1,3-4H,2H2. The molecule has 5 heteroatoms. The number of hydrogen-bond acceptors (Lipinski definition) is 5. The van der Waals surface area contributed by atoms with E-state index in [2.05, 4.69) is 10.1 Å². The molecule has 0 aromatic rings. The van der Waals surface area contributed by atoms with E-state index in [9.17, 15) is 4.79 Å². The number of fused-ring (bicyclic) bond motifs is 1. The van der Waals surface area contributed by atoms with Crippen molar-refractivity contribution in [3.8, 4) is 0 Å². The first-order valence-corrected chi connectivity index (χ1v) is 3.97. The van der Waals surface area contributed by atoms with Crippen LogP contribution in [0.2, 0.25) is 0 Å². The molecule has 0 unspecified atom stereocenters. The fraction of sp³-hybridized carbons (Fsp3) is 0.167. The lowest BCUT2D eigenvalue weighted by Crippen LogP contribution is -2.24. The lowest BCUT2D eigenvalue weighted by atomic mass is 10.3. The lowest BCUT2D eigenvalue weighted by molar-refractivity contribution is -0.105. The molecule has 56 valence electrons. The molecule has 2 rings (SSSR count). The zero-order chi connectivity index (χ0) is 7.68. The maximum absolute atomic E-state index is 10.3. The number of rotatable bonds is 1. The van der Waals surface area contributed by atoms with Crippen molar-refractivity contribution in [2.24, 2.45) is 10.1 Å². The van der Waals surface area contributed by atoms with Gasteiger partial charge in [0.15, 0.2) is 5.17 Å². The van der Waals surface area contributed by atoms with Gasteiger partial charge in [0.2, 0.25) is 0 Å². The third-order valence-corrected chi connectivity index (χ3v) is 2.12. The Morgan fingerprint density at radius 3 is 3.45 bits per heavy atom. The van der Waals surface area contributed by atoms with Gasteiger partial charge in [-0.25, -0.2) is 10.0 Å². The molecular weight excluding hydrogens is 162 g/mol. The first-order chi connectivity index (χ1) is 5.40. The van der Waals surface area contributed by atoms with E-state index in [1.165, 1.54) is 11.8 Å². The van der Waals surface area contributed by atoms with E-state index in [1.54, 1.807) is 16.8 Å². The molecule has 0 bridgehead atoms. The molecule has 4 nitrogen and oxygen atoms in total. The van der Waals surface area contributed by atoms with Gasteiger partial charge >= 0.3 is 0 Å². The summed E-state index contributed by atoms with van der Waals surface area (Å²) in [6, 6.07) is 0. The van der Waals surface area contributed by atoms with Gasteiger partial charge in [0.1, 0.15) is 6.29 Å². The van der Waals surface area contributed by atoms with Gasteiger partial charge in [-0.05, 0) is 11.8 Å². The van der Waals surface area contributed by atoms with E-state index in [0.29, 0.717) is 12.1 Å². The van der Waals surface area contributed by atoms with E-state index in [4.69, 9.17) is 0 Å². The molecule has 0 N–H and O–H groups in total.